The van der Waals surface area contributed by atoms with Crippen molar-refractivity contribution in [1.82, 2.24) is 4.98 Å². The Bertz CT molecular complexity index is 602. The molecule has 1 heterocycles. The number of hydrogen-bond donors (Lipinski definition) is 1. The standard InChI is InChI=1S/C13H10BrFN2O2/c1-19-10-4-2-3-9(15)12(10)13(18)17-8-5-6-11(14)16-7-8/h2-7H,1H3,(H,17,18). The Balaban J connectivity index is 2.27. The number of nitrogens with zero attached hydrogens (tertiary/aromatic N) is 1. The molecule has 0 fully saturated rings. The van der Waals surface area contributed by atoms with Gasteiger partial charge in [-0.15, -0.1) is 0 Å². The van der Waals surface area contributed by atoms with Crippen molar-refractivity contribution in [1.29, 1.82) is 0 Å². The van der Waals surface area contributed by atoms with E-state index in [1.807, 2.05) is 0 Å². The molecule has 0 atom stereocenters. The zero-order valence-electron chi connectivity index (χ0n) is 9.98. The largest absolute Gasteiger partial charge is 0.496 e. The molecule has 0 spiro atoms. The molecular formula is C13H10BrFN2O2. The topological polar surface area (TPSA) is 51.2 Å². The van der Waals surface area contributed by atoms with Crippen molar-refractivity contribution in [2.75, 3.05) is 12.4 Å². The SMILES string of the molecule is COc1cccc(F)c1C(=O)Nc1ccc(Br)nc1. The van der Waals surface area contributed by atoms with Gasteiger partial charge in [-0.2, -0.15) is 0 Å². The van der Waals surface area contributed by atoms with E-state index in [1.54, 1.807) is 12.1 Å². The second kappa shape index (κ2) is 5.79. The molecule has 0 aliphatic heterocycles. The molecule has 1 aromatic carbocycles. The highest BCUT2D eigenvalue weighted by Gasteiger charge is 2.17. The van der Waals surface area contributed by atoms with Crippen molar-refractivity contribution >= 4 is 27.5 Å². The van der Waals surface area contributed by atoms with Crippen molar-refractivity contribution in [3.8, 4) is 5.75 Å². The van der Waals surface area contributed by atoms with Crippen molar-refractivity contribution < 1.29 is 13.9 Å². The molecule has 6 heteroatoms. The average molecular weight is 325 g/mol. The normalized spacial score (nSPS) is 10.1. The van der Waals surface area contributed by atoms with Crippen LogP contribution in [0.4, 0.5) is 10.1 Å². The van der Waals surface area contributed by atoms with Gasteiger partial charge in [-0.25, -0.2) is 9.37 Å². The third-order valence-electron chi connectivity index (χ3n) is 2.41. The van der Waals surface area contributed by atoms with E-state index in [0.717, 1.165) is 0 Å². The van der Waals surface area contributed by atoms with Crippen LogP contribution in [-0.2, 0) is 0 Å². The Morgan fingerprint density at radius 3 is 2.79 bits per heavy atom. The van der Waals surface area contributed by atoms with Gasteiger partial charge >= 0.3 is 0 Å². The fourth-order valence-corrected chi connectivity index (χ4v) is 1.77. The van der Waals surface area contributed by atoms with Crippen LogP contribution in [0.5, 0.6) is 5.75 Å². The molecule has 0 unspecified atom stereocenters. The van der Waals surface area contributed by atoms with Crippen LogP contribution in [0.15, 0.2) is 41.1 Å². The Hall–Kier alpha value is -1.95. The van der Waals surface area contributed by atoms with Crippen LogP contribution in [0.2, 0.25) is 0 Å². The number of aromatic nitrogens is 1. The summed E-state index contributed by atoms with van der Waals surface area (Å²) in [5.74, 6) is -1.04. The van der Waals surface area contributed by atoms with Gasteiger partial charge in [0.2, 0.25) is 0 Å². The molecule has 0 saturated carbocycles. The molecule has 98 valence electrons. The highest BCUT2D eigenvalue weighted by atomic mass is 79.9. The fraction of sp³-hybridized carbons (Fsp3) is 0.0769. The van der Waals surface area contributed by atoms with E-state index in [0.29, 0.717) is 10.3 Å². The smallest absolute Gasteiger partial charge is 0.262 e. The molecule has 0 saturated heterocycles. The molecule has 19 heavy (non-hydrogen) atoms. The highest BCUT2D eigenvalue weighted by molar-refractivity contribution is 9.10. The Labute approximate surface area is 117 Å². The Morgan fingerprint density at radius 2 is 2.16 bits per heavy atom. The zero-order valence-corrected chi connectivity index (χ0v) is 11.6. The maximum Gasteiger partial charge on any atom is 0.262 e. The number of anilines is 1. The summed E-state index contributed by atoms with van der Waals surface area (Å²) in [4.78, 5) is 16.0. The Kier molecular flexibility index (Phi) is 4.11. The fourth-order valence-electron chi connectivity index (χ4n) is 1.54. The molecule has 0 radical (unpaired) electrons. The number of ether oxygens (including phenoxy) is 1. The van der Waals surface area contributed by atoms with E-state index >= 15 is 0 Å². The summed E-state index contributed by atoms with van der Waals surface area (Å²) in [6, 6.07) is 7.54. The number of halogens is 2. The molecule has 2 rings (SSSR count). The molecule has 1 aromatic heterocycles. The van der Waals surface area contributed by atoms with E-state index in [-0.39, 0.29) is 11.3 Å². The zero-order chi connectivity index (χ0) is 13.8. The average Bonchev–Trinajstić information content (AvgIpc) is 2.40. The van der Waals surface area contributed by atoms with Gasteiger partial charge < -0.3 is 10.1 Å². The first-order chi connectivity index (χ1) is 9.11. The lowest BCUT2D eigenvalue weighted by molar-refractivity contribution is 0.102. The van der Waals surface area contributed by atoms with Gasteiger partial charge in [-0.05, 0) is 40.2 Å². The van der Waals surface area contributed by atoms with Crippen LogP contribution in [-0.4, -0.2) is 18.0 Å². The van der Waals surface area contributed by atoms with Crippen LogP contribution in [0.25, 0.3) is 0 Å². The third kappa shape index (κ3) is 3.08. The summed E-state index contributed by atoms with van der Waals surface area (Å²) in [6.45, 7) is 0. The minimum Gasteiger partial charge on any atom is -0.496 e. The van der Waals surface area contributed by atoms with Crippen LogP contribution in [0, 0.1) is 5.82 Å². The van der Waals surface area contributed by atoms with Gasteiger partial charge in [-0.3, -0.25) is 4.79 Å². The molecule has 1 amide bonds. The molecule has 0 aliphatic carbocycles. The van der Waals surface area contributed by atoms with Gasteiger partial charge in [0.25, 0.3) is 5.91 Å². The second-order valence-corrected chi connectivity index (χ2v) is 4.45. The van der Waals surface area contributed by atoms with Crippen LogP contribution in [0.3, 0.4) is 0 Å². The van der Waals surface area contributed by atoms with Crippen LogP contribution >= 0.6 is 15.9 Å². The number of benzene rings is 1. The summed E-state index contributed by atoms with van der Waals surface area (Å²) in [7, 11) is 1.38. The predicted molar refractivity (Wildman–Crippen MR) is 72.8 cm³/mol. The number of amides is 1. The Morgan fingerprint density at radius 1 is 1.37 bits per heavy atom. The van der Waals surface area contributed by atoms with Gasteiger partial charge in [0.15, 0.2) is 0 Å². The van der Waals surface area contributed by atoms with Crippen molar-refractivity contribution in [2.24, 2.45) is 0 Å². The molecule has 2 aromatic rings. The molecule has 1 N–H and O–H groups in total. The van der Waals surface area contributed by atoms with E-state index < -0.39 is 11.7 Å². The number of hydrogen-bond acceptors (Lipinski definition) is 3. The molecule has 0 bridgehead atoms. The molecule has 4 nitrogen and oxygen atoms in total. The predicted octanol–water partition coefficient (Wildman–Crippen LogP) is 3.24. The number of pyridine rings is 1. The van der Waals surface area contributed by atoms with Gasteiger partial charge in [0.05, 0.1) is 19.0 Å². The van der Waals surface area contributed by atoms with E-state index in [9.17, 15) is 9.18 Å². The summed E-state index contributed by atoms with van der Waals surface area (Å²) >= 11 is 3.19. The van der Waals surface area contributed by atoms with E-state index in [1.165, 1.54) is 31.5 Å². The van der Waals surface area contributed by atoms with Crippen molar-refractivity contribution in [3.05, 3.63) is 52.5 Å². The minimum atomic E-state index is -0.637. The van der Waals surface area contributed by atoms with Crippen LogP contribution < -0.4 is 10.1 Å². The number of nitrogens with one attached hydrogen (secondary N) is 1. The van der Waals surface area contributed by atoms with Gasteiger partial charge in [-0.1, -0.05) is 6.07 Å². The number of carbonyl (C=O) groups is 1. The molecule has 0 aliphatic rings. The minimum absolute atomic E-state index is 0.132. The number of carbonyl (C=O) groups excluding carboxylic acids is 1. The summed E-state index contributed by atoms with van der Waals surface area (Å²) in [5, 5.41) is 2.56. The summed E-state index contributed by atoms with van der Waals surface area (Å²) in [6.07, 6.45) is 1.47. The number of rotatable bonds is 3. The van der Waals surface area contributed by atoms with Crippen LogP contribution in [0.1, 0.15) is 10.4 Å². The summed E-state index contributed by atoms with van der Waals surface area (Å²) < 4.78 is 19.3. The quantitative estimate of drug-likeness (QED) is 0.882. The van der Waals surface area contributed by atoms with Gasteiger partial charge in [0, 0.05) is 0 Å². The monoisotopic (exact) mass is 324 g/mol. The first kappa shape index (κ1) is 13.5. The van der Waals surface area contributed by atoms with E-state index in [2.05, 4.69) is 26.2 Å². The maximum atomic E-state index is 13.7. The first-order valence-corrected chi connectivity index (χ1v) is 6.16. The molecular weight excluding hydrogens is 315 g/mol. The number of methoxy groups -OCH3 is 1. The lowest BCUT2D eigenvalue weighted by atomic mass is 10.1. The van der Waals surface area contributed by atoms with E-state index in [4.69, 9.17) is 4.74 Å². The van der Waals surface area contributed by atoms with Crippen molar-refractivity contribution in [2.45, 2.75) is 0 Å². The lowest BCUT2D eigenvalue weighted by Gasteiger charge is -2.09. The lowest BCUT2D eigenvalue weighted by Crippen LogP contribution is -2.15. The highest BCUT2D eigenvalue weighted by Crippen LogP contribution is 2.22. The summed E-state index contributed by atoms with van der Waals surface area (Å²) in [5.41, 5.74) is 0.339. The van der Waals surface area contributed by atoms with Gasteiger partial charge in [0.1, 0.15) is 21.7 Å². The third-order valence-corrected chi connectivity index (χ3v) is 2.88. The first-order valence-electron chi connectivity index (χ1n) is 5.37. The van der Waals surface area contributed by atoms with Crippen molar-refractivity contribution in [3.63, 3.8) is 0 Å². The second-order valence-electron chi connectivity index (χ2n) is 3.64. The maximum absolute atomic E-state index is 13.7.